The van der Waals surface area contributed by atoms with Crippen LogP contribution in [0, 0.1) is 6.92 Å². The van der Waals surface area contributed by atoms with Crippen molar-refractivity contribution in [2.24, 2.45) is 5.73 Å². The third-order valence-electron chi connectivity index (χ3n) is 2.69. The van der Waals surface area contributed by atoms with Crippen LogP contribution in [0.1, 0.15) is 35.9 Å². The smallest absolute Gasteiger partial charge is 0.124 e. The zero-order valence-corrected chi connectivity index (χ0v) is 12.4. The average Bonchev–Trinajstić information content (AvgIpc) is 2.73. The van der Waals surface area contributed by atoms with E-state index in [9.17, 15) is 0 Å². The number of aromatic nitrogens is 1. The molecular weight excluding hydrogens is 260 g/mol. The molecule has 0 bridgehead atoms. The van der Waals surface area contributed by atoms with Crippen molar-refractivity contribution in [3.05, 3.63) is 40.4 Å². The largest absolute Gasteiger partial charge is 0.389 e. The fraction of sp³-hybridized carbons (Fsp3) is 0.286. The van der Waals surface area contributed by atoms with Crippen molar-refractivity contribution < 1.29 is 0 Å². The predicted molar refractivity (Wildman–Crippen MR) is 82.3 cm³/mol. The zero-order valence-electron chi connectivity index (χ0n) is 10.7. The van der Waals surface area contributed by atoms with Gasteiger partial charge in [0.15, 0.2) is 0 Å². The molecule has 0 amide bonds. The molecule has 0 aliphatic heterocycles. The lowest BCUT2D eigenvalue weighted by Gasteiger charge is -2.02. The first kappa shape index (κ1) is 13.2. The summed E-state index contributed by atoms with van der Waals surface area (Å²) < 4.78 is 0. The second kappa shape index (κ2) is 5.16. The van der Waals surface area contributed by atoms with Crippen molar-refractivity contribution >= 4 is 28.5 Å². The van der Waals surface area contributed by atoms with Crippen LogP contribution in [0.15, 0.2) is 24.3 Å². The number of nitrogens with zero attached hydrogens (tertiary/aromatic N) is 1. The highest BCUT2D eigenvalue weighted by atomic mass is 32.1. The van der Waals surface area contributed by atoms with Gasteiger partial charge in [-0.1, -0.05) is 49.8 Å². The highest BCUT2D eigenvalue weighted by Crippen LogP contribution is 2.31. The second-order valence-electron chi connectivity index (χ2n) is 4.62. The van der Waals surface area contributed by atoms with Crippen LogP contribution in [0.4, 0.5) is 0 Å². The number of rotatable bonds is 3. The Labute approximate surface area is 117 Å². The van der Waals surface area contributed by atoms with Crippen LogP contribution in [0.2, 0.25) is 0 Å². The van der Waals surface area contributed by atoms with Crippen LogP contribution in [-0.4, -0.2) is 9.97 Å². The quantitative estimate of drug-likeness (QED) is 0.865. The molecule has 2 aromatic rings. The summed E-state index contributed by atoms with van der Waals surface area (Å²) in [6, 6.07) is 8.32. The summed E-state index contributed by atoms with van der Waals surface area (Å²) in [5.74, 6) is 0.330. The SMILES string of the molecule is Cc1cccc(-c2nc(C(C)C)c(C(N)=S)s2)c1. The van der Waals surface area contributed by atoms with Crippen LogP contribution < -0.4 is 5.73 Å². The Balaban J connectivity index is 2.53. The molecule has 18 heavy (non-hydrogen) atoms. The summed E-state index contributed by atoms with van der Waals surface area (Å²) in [5.41, 5.74) is 9.14. The van der Waals surface area contributed by atoms with Gasteiger partial charge in [0.05, 0.1) is 10.6 Å². The van der Waals surface area contributed by atoms with E-state index in [0.717, 1.165) is 21.1 Å². The van der Waals surface area contributed by atoms with Gasteiger partial charge in [0.2, 0.25) is 0 Å². The normalized spacial score (nSPS) is 10.9. The predicted octanol–water partition coefficient (Wildman–Crippen LogP) is 3.88. The summed E-state index contributed by atoms with van der Waals surface area (Å²) in [6.07, 6.45) is 0. The van der Waals surface area contributed by atoms with Gasteiger partial charge < -0.3 is 5.73 Å². The Morgan fingerprint density at radius 3 is 2.61 bits per heavy atom. The van der Waals surface area contributed by atoms with Crippen molar-refractivity contribution in [2.75, 3.05) is 0 Å². The lowest BCUT2D eigenvalue weighted by Crippen LogP contribution is -2.10. The molecule has 2 N–H and O–H groups in total. The third-order valence-corrected chi connectivity index (χ3v) is 4.18. The molecular formula is C14H16N2S2. The summed E-state index contributed by atoms with van der Waals surface area (Å²) in [4.78, 5) is 6.07. The van der Waals surface area contributed by atoms with Crippen LogP contribution in [-0.2, 0) is 0 Å². The monoisotopic (exact) mass is 276 g/mol. The van der Waals surface area contributed by atoms with Crippen LogP contribution >= 0.6 is 23.6 Å². The zero-order chi connectivity index (χ0) is 13.3. The summed E-state index contributed by atoms with van der Waals surface area (Å²) in [6.45, 7) is 6.29. The molecule has 2 rings (SSSR count). The van der Waals surface area contributed by atoms with E-state index in [-0.39, 0.29) is 0 Å². The van der Waals surface area contributed by atoms with Gasteiger partial charge in [0.1, 0.15) is 10.00 Å². The molecule has 0 fully saturated rings. The first-order valence-corrected chi connectivity index (χ1v) is 7.09. The highest BCUT2D eigenvalue weighted by molar-refractivity contribution is 7.81. The maximum absolute atomic E-state index is 5.78. The van der Waals surface area contributed by atoms with Gasteiger partial charge in [0, 0.05) is 5.56 Å². The molecule has 1 heterocycles. The number of aryl methyl sites for hydroxylation is 1. The van der Waals surface area contributed by atoms with Crippen molar-refractivity contribution in [3.63, 3.8) is 0 Å². The molecule has 0 aliphatic carbocycles. The molecule has 0 saturated carbocycles. The van der Waals surface area contributed by atoms with Gasteiger partial charge >= 0.3 is 0 Å². The van der Waals surface area contributed by atoms with Crippen molar-refractivity contribution in [3.8, 4) is 10.6 Å². The molecule has 0 radical (unpaired) electrons. The van der Waals surface area contributed by atoms with Gasteiger partial charge in [-0.15, -0.1) is 11.3 Å². The van der Waals surface area contributed by atoms with E-state index in [4.69, 9.17) is 22.9 Å². The Morgan fingerprint density at radius 2 is 2.11 bits per heavy atom. The van der Waals surface area contributed by atoms with Gasteiger partial charge in [-0.2, -0.15) is 0 Å². The van der Waals surface area contributed by atoms with Gasteiger partial charge in [-0.3, -0.25) is 0 Å². The number of nitrogens with two attached hydrogens (primary N) is 1. The Morgan fingerprint density at radius 1 is 1.39 bits per heavy atom. The number of hydrogen-bond acceptors (Lipinski definition) is 3. The summed E-state index contributed by atoms with van der Waals surface area (Å²) >= 11 is 6.69. The van der Waals surface area contributed by atoms with Gasteiger partial charge in [-0.25, -0.2) is 4.98 Å². The molecule has 2 nitrogen and oxygen atoms in total. The number of benzene rings is 1. The van der Waals surface area contributed by atoms with E-state index in [1.807, 2.05) is 6.07 Å². The minimum absolute atomic E-state index is 0.330. The van der Waals surface area contributed by atoms with Gasteiger partial charge in [-0.05, 0) is 18.9 Å². The minimum atomic E-state index is 0.330. The first-order valence-electron chi connectivity index (χ1n) is 5.86. The molecule has 1 aromatic heterocycles. The standard InChI is InChI=1S/C14H16N2S2/c1-8(2)11-12(13(15)17)18-14(16-11)10-6-4-5-9(3)7-10/h4-8H,1-3H3,(H2,15,17). The lowest BCUT2D eigenvalue weighted by atomic mass is 10.1. The average molecular weight is 276 g/mol. The Bertz CT molecular complexity index is 585. The third kappa shape index (κ3) is 2.60. The molecule has 0 unspecified atom stereocenters. The van der Waals surface area contributed by atoms with E-state index >= 15 is 0 Å². The fourth-order valence-electron chi connectivity index (χ4n) is 1.80. The van der Waals surface area contributed by atoms with Crippen LogP contribution in [0.5, 0.6) is 0 Å². The molecule has 0 spiro atoms. The summed E-state index contributed by atoms with van der Waals surface area (Å²) in [7, 11) is 0. The van der Waals surface area contributed by atoms with E-state index < -0.39 is 0 Å². The number of thiazole rings is 1. The highest BCUT2D eigenvalue weighted by Gasteiger charge is 2.16. The van der Waals surface area contributed by atoms with Crippen molar-refractivity contribution in [1.29, 1.82) is 0 Å². The minimum Gasteiger partial charge on any atom is -0.389 e. The Kier molecular flexibility index (Phi) is 3.78. The van der Waals surface area contributed by atoms with Crippen molar-refractivity contribution in [1.82, 2.24) is 4.98 Å². The van der Waals surface area contributed by atoms with E-state index in [1.54, 1.807) is 11.3 Å². The van der Waals surface area contributed by atoms with Crippen LogP contribution in [0.3, 0.4) is 0 Å². The van der Waals surface area contributed by atoms with Crippen LogP contribution in [0.25, 0.3) is 10.6 Å². The van der Waals surface area contributed by atoms with E-state index in [0.29, 0.717) is 10.9 Å². The Hall–Kier alpha value is -1.26. The van der Waals surface area contributed by atoms with E-state index in [1.165, 1.54) is 5.56 Å². The van der Waals surface area contributed by atoms with Crippen molar-refractivity contribution in [2.45, 2.75) is 26.7 Å². The first-order chi connectivity index (χ1) is 8.49. The molecule has 4 heteroatoms. The summed E-state index contributed by atoms with van der Waals surface area (Å²) in [5, 5.41) is 0.991. The maximum Gasteiger partial charge on any atom is 0.124 e. The number of thiocarbonyl (C=S) groups is 1. The topological polar surface area (TPSA) is 38.9 Å². The number of hydrogen-bond donors (Lipinski definition) is 1. The lowest BCUT2D eigenvalue weighted by molar-refractivity contribution is 0.832. The molecule has 1 aromatic carbocycles. The molecule has 0 saturated heterocycles. The molecule has 0 aliphatic rings. The molecule has 94 valence electrons. The molecule has 0 atom stereocenters. The second-order valence-corrected chi connectivity index (χ2v) is 6.06. The van der Waals surface area contributed by atoms with Gasteiger partial charge in [0.25, 0.3) is 0 Å². The van der Waals surface area contributed by atoms with E-state index in [2.05, 4.69) is 39.0 Å². The fourth-order valence-corrected chi connectivity index (χ4v) is 3.10. The maximum atomic E-state index is 5.78.